The summed E-state index contributed by atoms with van der Waals surface area (Å²) in [4.78, 5) is 33.2. The van der Waals surface area contributed by atoms with Crippen LogP contribution in [0, 0.1) is 11.8 Å². The van der Waals surface area contributed by atoms with E-state index in [-0.39, 0.29) is 29.5 Å². The smallest absolute Gasteiger partial charge is 0.271 e. The Morgan fingerprint density at radius 2 is 1.92 bits per heavy atom. The van der Waals surface area contributed by atoms with Gasteiger partial charge in [0.05, 0.1) is 18.7 Å². The Hall–Kier alpha value is -2.18. The van der Waals surface area contributed by atoms with Crippen LogP contribution in [-0.2, 0) is 4.79 Å². The summed E-state index contributed by atoms with van der Waals surface area (Å²) in [6.45, 7) is 0.645. The standard InChI is InChI=1S/C19H26N4O3/c20-17(24)13-3-1-2-4-14(13)22-18(25)15-9-21-16(12-7-8-12)19(23-15)26-10-11-5-6-11/h9,11-14H,1-8,10H2,(H2,20,24)(H,22,25). The molecule has 140 valence electrons. The molecule has 0 saturated heterocycles. The van der Waals surface area contributed by atoms with Crippen molar-refractivity contribution in [3.05, 3.63) is 17.6 Å². The fraction of sp³-hybridized carbons (Fsp3) is 0.684. The SMILES string of the molecule is NC(=O)C1CCCCC1NC(=O)c1cnc(C2CC2)c(OCC2CC2)n1. The van der Waals surface area contributed by atoms with Gasteiger partial charge in [-0.25, -0.2) is 4.98 Å². The van der Waals surface area contributed by atoms with E-state index in [1.54, 1.807) is 0 Å². The number of nitrogens with one attached hydrogen (secondary N) is 1. The third kappa shape index (κ3) is 3.97. The molecule has 2 atom stereocenters. The first-order valence-corrected chi connectivity index (χ1v) is 9.71. The Balaban J connectivity index is 1.47. The lowest BCUT2D eigenvalue weighted by Gasteiger charge is -2.29. The quantitative estimate of drug-likeness (QED) is 0.774. The molecule has 0 aliphatic heterocycles. The number of hydrogen-bond donors (Lipinski definition) is 2. The Morgan fingerprint density at radius 3 is 2.62 bits per heavy atom. The van der Waals surface area contributed by atoms with Crippen LogP contribution in [0.3, 0.4) is 0 Å². The normalized spacial score (nSPS) is 25.5. The van der Waals surface area contributed by atoms with Crippen molar-refractivity contribution in [2.75, 3.05) is 6.61 Å². The lowest BCUT2D eigenvalue weighted by atomic mass is 9.84. The van der Waals surface area contributed by atoms with Gasteiger partial charge in [-0.05, 0) is 44.4 Å². The van der Waals surface area contributed by atoms with E-state index in [1.807, 2.05) is 0 Å². The van der Waals surface area contributed by atoms with Gasteiger partial charge >= 0.3 is 0 Å². The first kappa shape index (κ1) is 17.2. The van der Waals surface area contributed by atoms with Crippen LogP contribution < -0.4 is 15.8 Å². The molecule has 3 saturated carbocycles. The highest BCUT2D eigenvalue weighted by molar-refractivity contribution is 5.93. The zero-order valence-electron chi connectivity index (χ0n) is 14.9. The van der Waals surface area contributed by atoms with Crippen molar-refractivity contribution < 1.29 is 14.3 Å². The van der Waals surface area contributed by atoms with Crippen LogP contribution in [0.4, 0.5) is 0 Å². The highest BCUT2D eigenvalue weighted by Crippen LogP contribution is 2.42. The van der Waals surface area contributed by atoms with Gasteiger partial charge in [0.25, 0.3) is 5.91 Å². The number of hydrogen-bond acceptors (Lipinski definition) is 5. The summed E-state index contributed by atoms with van der Waals surface area (Å²) in [5.41, 5.74) is 6.61. The van der Waals surface area contributed by atoms with Crippen LogP contribution in [0.15, 0.2) is 6.20 Å². The Kier molecular flexibility index (Phi) is 4.78. The van der Waals surface area contributed by atoms with E-state index >= 15 is 0 Å². The average molecular weight is 358 g/mol. The van der Waals surface area contributed by atoms with E-state index in [2.05, 4.69) is 15.3 Å². The fourth-order valence-corrected chi connectivity index (χ4v) is 3.60. The van der Waals surface area contributed by atoms with Crippen molar-refractivity contribution in [1.29, 1.82) is 0 Å². The van der Waals surface area contributed by atoms with Gasteiger partial charge in [-0.1, -0.05) is 12.8 Å². The highest BCUT2D eigenvalue weighted by Gasteiger charge is 2.33. The first-order valence-electron chi connectivity index (χ1n) is 9.71. The van der Waals surface area contributed by atoms with E-state index < -0.39 is 0 Å². The van der Waals surface area contributed by atoms with Gasteiger partial charge in [-0.15, -0.1) is 0 Å². The largest absolute Gasteiger partial charge is 0.476 e. The van der Waals surface area contributed by atoms with E-state index in [0.717, 1.165) is 44.2 Å². The van der Waals surface area contributed by atoms with Gasteiger partial charge in [-0.2, -0.15) is 0 Å². The Morgan fingerprint density at radius 1 is 1.15 bits per heavy atom. The maximum atomic E-state index is 12.7. The van der Waals surface area contributed by atoms with Crippen molar-refractivity contribution >= 4 is 11.8 Å². The van der Waals surface area contributed by atoms with E-state index in [1.165, 1.54) is 19.0 Å². The third-order valence-corrected chi connectivity index (χ3v) is 5.56. The molecule has 0 radical (unpaired) electrons. The van der Waals surface area contributed by atoms with E-state index in [0.29, 0.717) is 24.3 Å². The molecule has 2 amide bonds. The summed E-state index contributed by atoms with van der Waals surface area (Å²) >= 11 is 0. The average Bonchev–Trinajstić information content (AvgIpc) is 3.54. The summed E-state index contributed by atoms with van der Waals surface area (Å²) in [6.07, 6.45) is 9.55. The fourth-order valence-electron chi connectivity index (χ4n) is 3.60. The second kappa shape index (κ2) is 7.21. The van der Waals surface area contributed by atoms with Crippen LogP contribution in [0.2, 0.25) is 0 Å². The summed E-state index contributed by atoms with van der Waals surface area (Å²) in [5, 5.41) is 2.94. The number of nitrogens with two attached hydrogens (primary N) is 1. The maximum Gasteiger partial charge on any atom is 0.271 e. The molecule has 0 aromatic carbocycles. The van der Waals surface area contributed by atoms with E-state index in [9.17, 15) is 9.59 Å². The van der Waals surface area contributed by atoms with Crippen molar-refractivity contribution in [1.82, 2.24) is 15.3 Å². The minimum Gasteiger partial charge on any atom is -0.476 e. The number of carbonyl (C=O) groups is 2. The second-order valence-electron chi connectivity index (χ2n) is 7.85. The van der Waals surface area contributed by atoms with Gasteiger partial charge in [-0.3, -0.25) is 14.6 Å². The molecule has 3 fully saturated rings. The molecule has 3 N–H and O–H groups in total. The van der Waals surface area contributed by atoms with Crippen LogP contribution in [-0.4, -0.2) is 34.4 Å². The summed E-state index contributed by atoms with van der Waals surface area (Å²) in [5.74, 6) is 0.554. The summed E-state index contributed by atoms with van der Waals surface area (Å²) in [7, 11) is 0. The molecule has 1 aromatic heterocycles. The molecular weight excluding hydrogens is 332 g/mol. The number of amides is 2. The molecule has 26 heavy (non-hydrogen) atoms. The molecule has 3 aliphatic carbocycles. The van der Waals surface area contributed by atoms with Crippen LogP contribution in [0.25, 0.3) is 0 Å². The zero-order valence-corrected chi connectivity index (χ0v) is 14.9. The maximum absolute atomic E-state index is 12.7. The molecular formula is C19H26N4O3. The van der Waals surface area contributed by atoms with Gasteiger partial charge in [0.15, 0.2) is 0 Å². The molecule has 7 heteroatoms. The Bertz CT molecular complexity index is 700. The Labute approximate surface area is 153 Å². The number of carbonyl (C=O) groups excluding carboxylic acids is 2. The summed E-state index contributed by atoms with van der Waals surface area (Å²) in [6, 6.07) is -0.227. The molecule has 0 bridgehead atoms. The molecule has 0 spiro atoms. The topological polar surface area (TPSA) is 107 Å². The minimum atomic E-state index is -0.348. The van der Waals surface area contributed by atoms with Crippen LogP contribution in [0.1, 0.15) is 73.5 Å². The number of rotatable bonds is 7. The number of nitrogens with zero attached hydrogens (tertiary/aromatic N) is 2. The summed E-state index contributed by atoms with van der Waals surface area (Å²) < 4.78 is 5.87. The zero-order chi connectivity index (χ0) is 18.1. The molecule has 4 rings (SSSR count). The molecule has 7 nitrogen and oxygen atoms in total. The number of ether oxygens (including phenoxy) is 1. The minimum absolute atomic E-state index is 0.227. The third-order valence-electron chi connectivity index (χ3n) is 5.56. The first-order chi connectivity index (χ1) is 12.6. The van der Waals surface area contributed by atoms with Gasteiger partial charge in [0.2, 0.25) is 11.8 Å². The molecule has 3 aliphatic rings. The van der Waals surface area contributed by atoms with E-state index in [4.69, 9.17) is 10.5 Å². The lowest BCUT2D eigenvalue weighted by Crippen LogP contribution is -2.47. The van der Waals surface area contributed by atoms with Crippen molar-refractivity contribution in [2.24, 2.45) is 17.6 Å². The molecule has 2 unspecified atom stereocenters. The predicted octanol–water partition coefficient (Wildman–Crippen LogP) is 1.92. The molecule has 1 aromatic rings. The van der Waals surface area contributed by atoms with Crippen molar-refractivity contribution in [2.45, 2.75) is 63.3 Å². The van der Waals surface area contributed by atoms with Crippen LogP contribution in [0.5, 0.6) is 5.88 Å². The second-order valence-corrected chi connectivity index (χ2v) is 7.85. The predicted molar refractivity (Wildman–Crippen MR) is 94.6 cm³/mol. The van der Waals surface area contributed by atoms with Gasteiger partial charge in [0.1, 0.15) is 11.4 Å². The number of aromatic nitrogens is 2. The van der Waals surface area contributed by atoms with Gasteiger partial charge in [0, 0.05) is 12.0 Å². The highest BCUT2D eigenvalue weighted by atomic mass is 16.5. The van der Waals surface area contributed by atoms with Crippen LogP contribution >= 0.6 is 0 Å². The molecule has 1 heterocycles. The monoisotopic (exact) mass is 358 g/mol. The lowest BCUT2D eigenvalue weighted by molar-refractivity contribution is -0.123. The van der Waals surface area contributed by atoms with Crippen molar-refractivity contribution in [3.63, 3.8) is 0 Å². The van der Waals surface area contributed by atoms with Crippen molar-refractivity contribution in [3.8, 4) is 5.88 Å². The van der Waals surface area contributed by atoms with Gasteiger partial charge < -0.3 is 15.8 Å². The number of primary amides is 1.